The number of aliphatic hydroxyl groups is 2. The van der Waals surface area contributed by atoms with Crippen LogP contribution in [-0.4, -0.2) is 81.6 Å². The Hall–Kier alpha value is -2.22. The molecule has 0 spiro atoms. The number of phosphoric ester groups is 2. The number of carbonyl (C=O) groups is 2. The Labute approximate surface area is 360 Å². The fourth-order valence-electron chi connectivity index (χ4n) is 5.49. The number of aliphatic hydroxyl groups excluding tert-OH is 2. The molecule has 0 aromatic heterocycles. The van der Waals surface area contributed by atoms with E-state index in [1.807, 2.05) is 19.1 Å². The molecule has 0 saturated heterocycles. The molecule has 0 rings (SSSR count). The summed E-state index contributed by atoms with van der Waals surface area (Å²) in [5, 5.41) is 19.3. The van der Waals surface area contributed by atoms with Gasteiger partial charge >= 0.3 is 27.6 Å². The molecule has 14 nitrogen and oxygen atoms in total. The molecule has 0 amide bonds. The molecule has 4 atom stereocenters. The summed E-state index contributed by atoms with van der Waals surface area (Å²) >= 11 is 0. The second kappa shape index (κ2) is 39.6. The number of unbranched alkanes of at least 4 members (excludes halogenated alkanes) is 12. The Bertz CT molecular complexity index is 1310. The summed E-state index contributed by atoms with van der Waals surface area (Å²) in [5.41, 5.74) is 0. The van der Waals surface area contributed by atoms with E-state index in [1.165, 1.54) is 38.5 Å². The van der Waals surface area contributed by atoms with Crippen LogP contribution in [0.3, 0.4) is 0 Å². The Kier molecular flexibility index (Phi) is 38.1. The van der Waals surface area contributed by atoms with E-state index in [2.05, 4.69) is 64.6 Å². The second-order valence-electron chi connectivity index (χ2n) is 14.8. The third kappa shape index (κ3) is 42.5. The molecule has 0 bridgehead atoms. The normalized spacial score (nSPS) is 15.1. The first-order valence-electron chi connectivity index (χ1n) is 22.1. The molecule has 348 valence electrons. The zero-order chi connectivity index (χ0) is 44.6. The average molecular weight is 893 g/mol. The highest BCUT2D eigenvalue weighted by Gasteiger charge is 2.28. The molecule has 0 saturated carbocycles. The quantitative estimate of drug-likeness (QED) is 0.0167. The standard InChI is InChI=1S/C44H78O14P2/c1-3-5-6-7-8-9-10-11-12-17-20-23-26-29-32-35-44(48)58-42(39-57-60(52,53)56-37-41(46)36-55-59(49,50)51)38-54-43(47)34-31-28-25-22-19-16-14-13-15-18-21-24-27-30-33-40(45)4-2/h9-10,14-16,18,22,24-25,27,40-42,45-46H,3-8,11-13,17,19-21,23,26,28-39H2,1-2H3,(H,52,53)(H2,49,50,51)/b10-9-,16-14-,18-15-,25-22-,27-24-/t40-,41-,42+/m0/s1. The van der Waals surface area contributed by atoms with Gasteiger partial charge in [0, 0.05) is 12.8 Å². The minimum Gasteiger partial charge on any atom is -0.462 e. The molecule has 0 radical (unpaired) electrons. The number of carbonyl (C=O) groups excluding carboxylic acids is 2. The maximum atomic E-state index is 12.7. The van der Waals surface area contributed by atoms with Crippen molar-refractivity contribution in [1.82, 2.24) is 0 Å². The molecule has 0 heterocycles. The van der Waals surface area contributed by atoms with Crippen LogP contribution in [0, 0.1) is 0 Å². The topological polar surface area (TPSA) is 216 Å². The van der Waals surface area contributed by atoms with Crippen LogP contribution in [0.1, 0.15) is 162 Å². The molecule has 0 fully saturated rings. The number of ether oxygens (including phenoxy) is 2. The van der Waals surface area contributed by atoms with Crippen molar-refractivity contribution in [1.29, 1.82) is 0 Å². The van der Waals surface area contributed by atoms with Gasteiger partial charge in [0.25, 0.3) is 0 Å². The first-order chi connectivity index (χ1) is 28.8. The van der Waals surface area contributed by atoms with Crippen LogP contribution in [0.15, 0.2) is 60.8 Å². The number of esters is 2. The van der Waals surface area contributed by atoms with Crippen molar-refractivity contribution in [3.63, 3.8) is 0 Å². The van der Waals surface area contributed by atoms with Crippen molar-refractivity contribution >= 4 is 27.6 Å². The summed E-state index contributed by atoms with van der Waals surface area (Å²) in [7, 11) is -9.70. The summed E-state index contributed by atoms with van der Waals surface area (Å²) < 4.78 is 47.7. The van der Waals surface area contributed by atoms with E-state index in [0.29, 0.717) is 19.3 Å². The first kappa shape index (κ1) is 57.8. The lowest BCUT2D eigenvalue weighted by Crippen LogP contribution is -2.30. The van der Waals surface area contributed by atoms with Crippen molar-refractivity contribution in [2.45, 2.75) is 180 Å². The summed E-state index contributed by atoms with van der Waals surface area (Å²) in [6.07, 6.45) is 38.7. The van der Waals surface area contributed by atoms with Crippen molar-refractivity contribution < 1.29 is 66.7 Å². The van der Waals surface area contributed by atoms with Crippen LogP contribution in [0.5, 0.6) is 0 Å². The summed E-state index contributed by atoms with van der Waals surface area (Å²) in [5.74, 6) is -1.12. The Balaban J connectivity index is 4.62. The van der Waals surface area contributed by atoms with E-state index in [-0.39, 0.29) is 18.9 Å². The zero-order valence-corrected chi connectivity index (χ0v) is 38.2. The zero-order valence-electron chi connectivity index (χ0n) is 36.4. The minimum absolute atomic E-state index is 0.103. The number of hydrogen-bond donors (Lipinski definition) is 5. The number of hydrogen-bond acceptors (Lipinski definition) is 11. The van der Waals surface area contributed by atoms with E-state index in [4.69, 9.17) is 23.8 Å². The molecular weight excluding hydrogens is 814 g/mol. The van der Waals surface area contributed by atoms with Crippen LogP contribution < -0.4 is 0 Å². The third-order valence-electron chi connectivity index (χ3n) is 9.03. The molecule has 60 heavy (non-hydrogen) atoms. The Morgan fingerprint density at radius 2 is 0.983 bits per heavy atom. The summed E-state index contributed by atoms with van der Waals surface area (Å²) in [6, 6.07) is 0. The van der Waals surface area contributed by atoms with Gasteiger partial charge < -0.3 is 34.4 Å². The molecule has 0 aliphatic rings. The van der Waals surface area contributed by atoms with E-state index < -0.39 is 66.2 Å². The van der Waals surface area contributed by atoms with Crippen LogP contribution in [0.25, 0.3) is 0 Å². The maximum Gasteiger partial charge on any atom is 0.472 e. The van der Waals surface area contributed by atoms with Crippen LogP contribution in [0.4, 0.5) is 0 Å². The smallest absolute Gasteiger partial charge is 0.462 e. The average Bonchev–Trinajstić information content (AvgIpc) is 3.21. The van der Waals surface area contributed by atoms with Gasteiger partial charge in [-0.3, -0.25) is 23.2 Å². The van der Waals surface area contributed by atoms with Crippen LogP contribution >= 0.6 is 15.6 Å². The van der Waals surface area contributed by atoms with Gasteiger partial charge in [-0.2, -0.15) is 0 Å². The van der Waals surface area contributed by atoms with Gasteiger partial charge in [-0.15, -0.1) is 0 Å². The number of allylic oxidation sites excluding steroid dienone is 10. The van der Waals surface area contributed by atoms with Gasteiger partial charge in [0.05, 0.1) is 25.9 Å². The fourth-order valence-corrected chi connectivity index (χ4v) is 6.65. The predicted octanol–water partition coefficient (Wildman–Crippen LogP) is 10.2. The lowest BCUT2D eigenvalue weighted by atomic mass is 10.1. The van der Waals surface area contributed by atoms with Crippen molar-refractivity contribution in [2.75, 3.05) is 26.4 Å². The highest BCUT2D eigenvalue weighted by Crippen LogP contribution is 2.43. The number of phosphoric acid groups is 2. The van der Waals surface area contributed by atoms with Gasteiger partial charge in [0.1, 0.15) is 12.7 Å². The fraction of sp³-hybridized carbons (Fsp3) is 0.727. The van der Waals surface area contributed by atoms with Crippen LogP contribution in [0.2, 0.25) is 0 Å². The molecule has 0 aromatic rings. The second-order valence-corrected chi connectivity index (χ2v) is 17.4. The summed E-state index contributed by atoms with van der Waals surface area (Å²) in [4.78, 5) is 52.7. The third-order valence-corrected chi connectivity index (χ3v) is 10.5. The highest BCUT2D eigenvalue weighted by molar-refractivity contribution is 7.47. The highest BCUT2D eigenvalue weighted by atomic mass is 31.2. The van der Waals surface area contributed by atoms with Gasteiger partial charge in [-0.05, 0) is 83.5 Å². The lowest BCUT2D eigenvalue weighted by Gasteiger charge is -2.20. The monoisotopic (exact) mass is 892 g/mol. The Morgan fingerprint density at radius 1 is 0.517 bits per heavy atom. The van der Waals surface area contributed by atoms with E-state index in [9.17, 15) is 33.8 Å². The van der Waals surface area contributed by atoms with E-state index in [0.717, 1.165) is 77.0 Å². The molecule has 0 aromatic carbocycles. The first-order valence-corrected chi connectivity index (χ1v) is 25.1. The summed E-state index contributed by atoms with van der Waals surface area (Å²) in [6.45, 7) is 1.39. The molecule has 16 heteroatoms. The van der Waals surface area contributed by atoms with E-state index >= 15 is 0 Å². The molecular formula is C44H78O14P2. The Morgan fingerprint density at radius 3 is 1.57 bits per heavy atom. The lowest BCUT2D eigenvalue weighted by molar-refractivity contribution is -0.161. The molecule has 1 unspecified atom stereocenters. The van der Waals surface area contributed by atoms with Crippen molar-refractivity contribution in [3.8, 4) is 0 Å². The predicted molar refractivity (Wildman–Crippen MR) is 236 cm³/mol. The largest absolute Gasteiger partial charge is 0.472 e. The van der Waals surface area contributed by atoms with Gasteiger partial charge in [-0.25, -0.2) is 9.13 Å². The molecule has 0 aliphatic carbocycles. The van der Waals surface area contributed by atoms with E-state index in [1.54, 1.807) is 0 Å². The molecule has 5 N–H and O–H groups in total. The van der Waals surface area contributed by atoms with Gasteiger partial charge in [0.15, 0.2) is 6.10 Å². The van der Waals surface area contributed by atoms with Gasteiger partial charge in [0.2, 0.25) is 0 Å². The molecule has 0 aliphatic heterocycles. The van der Waals surface area contributed by atoms with Crippen LogP contribution in [-0.2, 0) is 41.8 Å². The SMILES string of the molecule is CCCCCC/C=C\CCCCCCCCCC(=O)O[C@H](COC(=O)CCC/C=C\C/C=C\C/C=C\C/C=C\CC[C@@H](O)CC)COP(=O)(O)OC[C@@H](O)COP(=O)(O)O. The van der Waals surface area contributed by atoms with Crippen molar-refractivity contribution in [2.24, 2.45) is 0 Å². The maximum absolute atomic E-state index is 12.7. The minimum atomic E-state index is -4.87. The van der Waals surface area contributed by atoms with Gasteiger partial charge in [-0.1, -0.05) is 126 Å². The number of rotatable bonds is 41. The van der Waals surface area contributed by atoms with Crippen molar-refractivity contribution in [3.05, 3.63) is 60.8 Å².